The lowest BCUT2D eigenvalue weighted by Gasteiger charge is -2.27. The van der Waals surface area contributed by atoms with E-state index >= 15 is 0 Å². The summed E-state index contributed by atoms with van der Waals surface area (Å²) < 4.78 is 0. The molecule has 0 saturated carbocycles. The average Bonchev–Trinajstić information content (AvgIpc) is 3.61. The summed E-state index contributed by atoms with van der Waals surface area (Å²) in [6.45, 7) is 3.59. The van der Waals surface area contributed by atoms with Crippen LogP contribution in [0.1, 0.15) is 70.9 Å². The maximum atomic E-state index is 13.8. The summed E-state index contributed by atoms with van der Waals surface area (Å²) in [6, 6.07) is -8.65. The van der Waals surface area contributed by atoms with Crippen LogP contribution in [0, 0.1) is 5.92 Å². The van der Waals surface area contributed by atoms with Gasteiger partial charge in [0.05, 0.1) is 18.8 Å². The highest BCUT2D eigenvalue weighted by molar-refractivity contribution is 5.97. The number of amides is 5. The molecule has 0 spiro atoms. The molecule has 5 amide bonds. The number of hydrogen-bond donors (Lipinski definition) is 13. The first-order valence-corrected chi connectivity index (χ1v) is 17.5. The Labute approximate surface area is 316 Å². The maximum Gasteiger partial charge on any atom is 0.326 e. The zero-order valence-corrected chi connectivity index (χ0v) is 30.8. The first-order chi connectivity index (χ1) is 25.9. The van der Waals surface area contributed by atoms with Crippen molar-refractivity contribution in [3.8, 4) is 0 Å². The first kappa shape index (κ1) is 47.2. The van der Waals surface area contributed by atoms with Gasteiger partial charge in [-0.3, -0.25) is 38.6 Å². The van der Waals surface area contributed by atoms with Crippen LogP contribution in [0.5, 0.6) is 0 Å². The Bertz CT molecular complexity index is 1480. The third kappa shape index (κ3) is 18.7. The monoisotopic (exact) mass is 782 g/mol. The molecule has 308 valence electrons. The summed E-state index contributed by atoms with van der Waals surface area (Å²) >= 11 is 0. The fraction of sp³-hybridized carbons (Fsp3) is 0.625. The van der Waals surface area contributed by atoms with Gasteiger partial charge in [-0.15, -0.1) is 0 Å². The van der Waals surface area contributed by atoms with Crippen LogP contribution in [0.15, 0.2) is 17.5 Å². The van der Waals surface area contributed by atoms with Crippen molar-refractivity contribution in [2.24, 2.45) is 33.8 Å². The lowest BCUT2D eigenvalue weighted by molar-refractivity contribution is -0.144. The van der Waals surface area contributed by atoms with Crippen molar-refractivity contribution in [3.05, 3.63) is 18.2 Å². The van der Waals surface area contributed by atoms with Crippen LogP contribution in [0.2, 0.25) is 0 Å². The molecule has 1 rings (SSSR count). The molecule has 0 radical (unpaired) electrons. The number of nitrogens with one attached hydrogen (secondary N) is 6. The Hall–Kier alpha value is -5.84. The molecule has 0 bridgehead atoms. The number of nitrogens with two attached hydrogens (primary N) is 4. The summed E-state index contributed by atoms with van der Waals surface area (Å²) in [4.78, 5) is 112. The van der Waals surface area contributed by atoms with E-state index in [9.17, 15) is 53.7 Å². The minimum Gasteiger partial charge on any atom is -0.481 e. The van der Waals surface area contributed by atoms with Crippen LogP contribution in [-0.2, 0) is 44.8 Å². The topological polar surface area (TPSA) is 403 Å². The zero-order chi connectivity index (χ0) is 41.7. The number of carbonyl (C=O) groups is 8. The van der Waals surface area contributed by atoms with Crippen molar-refractivity contribution in [2.45, 2.75) is 108 Å². The van der Waals surface area contributed by atoms with E-state index in [2.05, 4.69) is 41.5 Å². The smallest absolute Gasteiger partial charge is 0.326 e. The third-order valence-corrected chi connectivity index (χ3v) is 8.02. The molecule has 0 aliphatic rings. The molecule has 0 fully saturated rings. The quantitative estimate of drug-likeness (QED) is 0.0229. The zero-order valence-electron chi connectivity index (χ0n) is 30.8. The second-order valence-corrected chi connectivity index (χ2v) is 13.0. The van der Waals surface area contributed by atoms with E-state index in [4.69, 9.17) is 22.9 Å². The Kier molecular flexibility index (Phi) is 21.0. The minimum atomic E-state index is -1.76. The van der Waals surface area contributed by atoms with Crippen molar-refractivity contribution >= 4 is 53.4 Å². The number of aromatic amines is 1. The number of unbranched alkanes of at least 4 members (excludes halogenated alkanes) is 1. The van der Waals surface area contributed by atoms with Gasteiger partial charge in [0.15, 0.2) is 5.96 Å². The molecule has 17 N–H and O–H groups in total. The van der Waals surface area contributed by atoms with Gasteiger partial charge in [-0.05, 0) is 51.0 Å². The highest BCUT2D eigenvalue weighted by atomic mass is 16.4. The minimum absolute atomic E-state index is 0.0534. The standard InChI is InChI=1S/C32H54N12O11/c1-16(2)25(31(54)55)44-28(51)19(7-3-4-10-33)40-29(52)21(12-17-14-37-15-39-17)43-27(50)20(8-9-23(45)46)41-30(53)22(13-24(47)48)42-26(49)18(34)6-5-11-38-32(35)36/h14-16,18-22,25H,3-13,33-34H2,1-2H3,(H,37,39)(H,40,52)(H,41,53)(H,42,49)(H,43,50)(H,44,51)(H,45,46)(H,47,48)(H,54,55)(H4,35,36,38)/t18-,19-,20-,21-,22-,25-/m0/s1. The van der Waals surface area contributed by atoms with E-state index in [1.165, 1.54) is 12.5 Å². The van der Waals surface area contributed by atoms with Crippen molar-refractivity contribution in [2.75, 3.05) is 13.1 Å². The number of imidazole rings is 1. The van der Waals surface area contributed by atoms with Crippen LogP contribution in [-0.4, -0.2) is 128 Å². The number of aliphatic carboxylic acids is 3. The lowest BCUT2D eigenvalue weighted by atomic mass is 10.0. The molecule has 23 heteroatoms. The van der Waals surface area contributed by atoms with Crippen molar-refractivity contribution in [1.82, 2.24) is 36.6 Å². The largest absolute Gasteiger partial charge is 0.481 e. The molecule has 1 heterocycles. The number of nitrogens with zero attached hydrogens (tertiary/aromatic N) is 2. The molecular weight excluding hydrogens is 728 g/mol. The number of guanidine groups is 1. The van der Waals surface area contributed by atoms with Gasteiger partial charge in [-0.2, -0.15) is 0 Å². The fourth-order valence-electron chi connectivity index (χ4n) is 5.02. The van der Waals surface area contributed by atoms with Gasteiger partial charge >= 0.3 is 17.9 Å². The fourth-order valence-corrected chi connectivity index (χ4v) is 5.02. The second kappa shape index (κ2) is 24.5. The number of H-pyrrole nitrogens is 1. The molecule has 1 aromatic rings. The number of rotatable bonds is 27. The molecule has 23 nitrogen and oxygen atoms in total. The predicted octanol–water partition coefficient (Wildman–Crippen LogP) is -4.03. The van der Waals surface area contributed by atoms with E-state index in [1.807, 2.05) is 0 Å². The van der Waals surface area contributed by atoms with Crippen LogP contribution >= 0.6 is 0 Å². The number of carboxylic acid groups (broad SMARTS) is 3. The summed E-state index contributed by atoms with van der Waals surface area (Å²) in [5.41, 5.74) is 22.4. The van der Waals surface area contributed by atoms with Gasteiger partial charge in [0, 0.05) is 31.3 Å². The van der Waals surface area contributed by atoms with Crippen molar-refractivity contribution in [1.29, 1.82) is 0 Å². The number of carboxylic acids is 3. The average molecular weight is 783 g/mol. The van der Waals surface area contributed by atoms with Crippen LogP contribution in [0.25, 0.3) is 0 Å². The van der Waals surface area contributed by atoms with Crippen LogP contribution in [0.4, 0.5) is 0 Å². The summed E-state index contributed by atoms with van der Waals surface area (Å²) in [5.74, 6) is -9.66. The molecule has 0 aromatic carbocycles. The highest BCUT2D eigenvalue weighted by Crippen LogP contribution is 2.09. The summed E-state index contributed by atoms with van der Waals surface area (Å²) in [7, 11) is 0. The van der Waals surface area contributed by atoms with E-state index in [1.54, 1.807) is 13.8 Å². The molecular formula is C32H54N12O11. The van der Waals surface area contributed by atoms with E-state index < -0.39 is 109 Å². The number of aliphatic imine (C=N–C) groups is 1. The van der Waals surface area contributed by atoms with Gasteiger partial charge in [-0.25, -0.2) is 9.78 Å². The van der Waals surface area contributed by atoms with Gasteiger partial charge in [-0.1, -0.05) is 13.8 Å². The van der Waals surface area contributed by atoms with Crippen LogP contribution < -0.4 is 49.5 Å². The van der Waals surface area contributed by atoms with Gasteiger partial charge in [0.1, 0.15) is 30.2 Å². The van der Waals surface area contributed by atoms with Gasteiger partial charge in [0.25, 0.3) is 0 Å². The molecule has 0 aliphatic carbocycles. The number of carbonyl (C=O) groups excluding carboxylic acids is 5. The Morgan fingerprint density at radius 3 is 1.84 bits per heavy atom. The van der Waals surface area contributed by atoms with E-state index in [0.29, 0.717) is 18.5 Å². The van der Waals surface area contributed by atoms with E-state index in [0.717, 1.165) is 0 Å². The Morgan fingerprint density at radius 1 is 0.745 bits per heavy atom. The summed E-state index contributed by atoms with van der Waals surface area (Å²) in [6.07, 6.45) is 1.51. The molecule has 0 unspecified atom stereocenters. The molecule has 1 aromatic heterocycles. The molecule has 0 aliphatic heterocycles. The van der Waals surface area contributed by atoms with Crippen molar-refractivity contribution in [3.63, 3.8) is 0 Å². The molecule has 6 atom stereocenters. The number of aromatic nitrogens is 2. The SMILES string of the molecule is CC(C)[C@H](NC(=O)[C@H](CCCCN)NC(=O)[C@H](Cc1cnc[nH]1)NC(=O)[C@H](CCC(=O)O)NC(=O)[C@H](CC(=O)O)NC(=O)[C@@H](N)CCCN=C(N)N)C(=O)O. The first-order valence-electron chi connectivity index (χ1n) is 17.5. The van der Waals surface area contributed by atoms with E-state index in [-0.39, 0.29) is 44.7 Å². The lowest BCUT2D eigenvalue weighted by Crippen LogP contribution is -2.60. The van der Waals surface area contributed by atoms with Gasteiger partial charge < -0.3 is 69.8 Å². The van der Waals surface area contributed by atoms with Crippen LogP contribution in [0.3, 0.4) is 0 Å². The highest BCUT2D eigenvalue weighted by Gasteiger charge is 2.34. The van der Waals surface area contributed by atoms with Gasteiger partial charge in [0.2, 0.25) is 29.5 Å². The normalized spacial score (nSPS) is 14.2. The number of hydrogen-bond acceptors (Lipinski definition) is 12. The Morgan fingerprint density at radius 2 is 1.31 bits per heavy atom. The maximum absolute atomic E-state index is 13.8. The summed E-state index contributed by atoms with van der Waals surface area (Å²) in [5, 5.41) is 40.3. The Balaban J connectivity index is 3.33. The molecule has 55 heavy (non-hydrogen) atoms. The second-order valence-electron chi connectivity index (χ2n) is 13.0. The van der Waals surface area contributed by atoms with Crippen molar-refractivity contribution < 1.29 is 53.7 Å². The molecule has 0 saturated heterocycles. The predicted molar refractivity (Wildman–Crippen MR) is 194 cm³/mol. The third-order valence-electron chi connectivity index (χ3n) is 8.02.